The average Bonchev–Trinajstić information content (AvgIpc) is 2.21. The van der Waals surface area contributed by atoms with Crippen LogP contribution in [0.5, 0.6) is 0 Å². The summed E-state index contributed by atoms with van der Waals surface area (Å²) >= 11 is 0. The van der Waals surface area contributed by atoms with Crippen molar-refractivity contribution in [3.63, 3.8) is 0 Å². The maximum Gasteiger partial charge on any atom is 0.0742 e. The molecule has 4 nitrogen and oxygen atoms in total. The van der Waals surface area contributed by atoms with Crippen molar-refractivity contribution in [2.45, 2.75) is 46.6 Å². The third-order valence-corrected chi connectivity index (χ3v) is 0.961. The van der Waals surface area contributed by atoms with Crippen molar-refractivity contribution in [3.8, 4) is 0 Å². The summed E-state index contributed by atoms with van der Waals surface area (Å²) in [5, 5.41) is 23.6. The van der Waals surface area contributed by atoms with E-state index in [2.05, 4.69) is 13.8 Å². The molecule has 0 aromatic rings. The molecule has 0 aromatic heterocycles. The zero-order valence-corrected chi connectivity index (χ0v) is 10.6. The standard InChI is InChI=1S/C6H14O.C3H8O2.C2H6O/c1-3-5-7-6-4-2;1-3(5)2-4;1-2-3/h3-6H2,1-2H3;3-5H,2H2,1H3;3H,2H2,1H3. The molecule has 0 bridgehead atoms. The molecule has 0 aliphatic heterocycles. The van der Waals surface area contributed by atoms with Gasteiger partial charge in [-0.25, -0.2) is 0 Å². The number of aliphatic hydroxyl groups is 3. The molecule has 1 atom stereocenters. The Morgan fingerprint density at radius 2 is 1.27 bits per heavy atom. The Morgan fingerprint density at radius 3 is 1.40 bits per heavy atom. The summed E-state index contributed by atoms with van der Waals surface area (Å²) in [5.41, 5.74) is 0. The summed E-state index contributed by atoms with van der Waals surface area (Å²) in [5.74, 6) is 0. The van der Waals surface area contributed by atoms with Crippen LogP contribution in [0.3, 0.4) is 0 Å². The second-order valence-corrected chi connectivity index (χ2v) is 2.96. The van der Waals surface area contributed by atoms with E-state index in [0.717, 1.165) is 26.1 Å². The number of rotatable bonds is 5. The molecule has 0 aliphatic carbocycles. The molecular weight excluding hydrogens is 196 g/mol. The Hall–Kier alpha value is -0.160. The van der Waals surface area contributed by atoms with E-state index in [0.29, 0.717) is 0 Å². The van der Waals surface area contributed by atoms with Crippen molar-refractivity contribution < 1.29 is 20.1 Å². The molecule has 0 rings (SSSR count). The van der Waals surface area contributed by atoms with E-state index < -0.39 is 6.10 Å². The third kappa shape index (κ3) is 56.9. The lowest BCUT2D eigenvalue weighted by molar-refractivity contribution is 0.110. The van der Waals surface area contributed by atoms with E-state index in [1.807, 2.05) is 0 Å². The minimum Gasteiger partial charge on any atom is -0.397 e. The molecule has 15 heavy (non-hydrogen) atoms. The Morgan fingerprint density at radius 1 is 1.00 bits per heavy atom. The van der Waals surface area contributed by atoms with Gasteiger partial charge in [0.05, 0.1) is 12.7 Å². The van der Waals surface area contributed by atoms with Gasteiger partial charge in [-0.2, -0.15) is 0 Å². The third-order valence-electron chi connectivity index (χ3n) is 0.961. The van der Waals surface area contributed by atoms with Gasteiger partial charge in [-0.3, -0.25) is 0 Å². The topological polar surface area (TPSA) is 69.9 Å². The molecule has 0 fully saturated rings. The quantitative estimate of drug-likeness (QED) is 0.613. The minimum absolute atomic E-state index is 0.139. The first-order valence-corrected chi connectivity index (χ1v) is 5.57. The summed E-state index contributed by atoms with van der Waals surface area (Å²) in [6, 6.07) is 0. The first-order valence-electron chi connectivity index (χ1n) is 5.57. The lowest BCUT2D eigenvalue weighted by Crippen LogP contribution is -2.03. The van der Waals surface area contributed by atoms with Crippen LogP contribution in [-0.2, 0) is 4.74 Å². The maximum atomic E-state index is 8.11. The predicted molar refractivity (Wildman–Crippen MR) is 62.9 cm³/mol. The van der Waals surface area contributed by atoms with Crippen LogP contribution in [0.15, 0.2) is 0 Å². The number of hydrogen-bond donors (Lipinski definition) is 3. The van der Waals surface area contributed by atoms with Gasteiger partial charge in [0, 0.05) is 19.8 Å². The molecule has 0 aliphatic rings. The molecule has 96 valence electrons. The van der Waals surface area contributed by atoms with Crippen molar-refractivity contribution >= 4 is 0 Å². The molecule has 3 N–H and O–H groups in total. The SMILES string of the molecule is CC(O)CO.CCCOCCC.CCO. The van der Waals surface area contributed by atoms with E-state index in [4.69, 9.17) is 20.1 Å². The smallest absolute Gasteiger partial charge is 0.0742 e. The molecular formula is C11H28O4. The molecule has 0 radical (unpaired) electrons. The lowest BCUT2D eigenvalue weighted by atomic mass is 10.5. The van der Waals surface area contributed by atoms with E-state index in [-0.39, 0.29) is 13.2 Å². The number of hydrogen-bond acceptors (Lipinski definition) is 4. The first-order chi connectivity index (χ1) is 7.10. The highest BCUT2D eigenvalue weighted by molar-refractivity contribution is 4.34. The number of aliphatic hydroxyl groups excluding tert-OH is 3. The van der Waals surface area contributed by atoms with Gasteiger partial charge in [0.1, 0.15) is 0 Å². The van der Waals surface area contributed by atoms with Crippen LogP contribution in [0.2, 0.25) is 0 Å². The van der Waals surface area contributed by atoms with Gasteiger partial charge in [0.2, 0.25) is 0 Å². The van der Waals surface area contributed by atoms with Crippen molar-refractivity contribution in [2.24, 2.45) is 0 Å². The van der Waals surface area contributed by atoms with Gasteiger partial charge < -0.3 is 20.1 Å². The normalized spacial score (nSPS) is 10.6. The van der Waals surface area contributed by atoms with Crippen LogP contribution in [0.1, 0.15) is 40.5 Å². The zero-order valence-electron chi connectivity index (χ0n) is 10.6. The molecule has 0 spiro atoms. The average molecular weight is 224 g/mol. The molecule has 0 amide bonds. The predicted octanol–water partition coefficient (Wildman–Crippen LogP) is 1.18. The Labute approximate surface area is 93.9 Å². The van der Waals surface area contributed by atoms with Gasteiger partial charge in [-0.15, -0.1) is 0 Å². The van der Waals surface area contributed by atoms with E-state index in [1.54, 1.807) is 6.92 Å². The fraction of sp³-hybridized carbons (Fsp3) is 1.00. The Balaban J connectivity index is -0.000000158. The summed E-state index contributed by atoms with van der Waals surface area (Å²) in [4.78, 5) is 0. The fourth-order valence-electron chi connectivity index (χ4n) is 0.391. The highest BCUT2D eigenvalue weighted by atomic mass is 16.5. The molecule has 0 saturated heterocycles. The van der Waals surface area contributed by atoms with Gasteiger partial charge in [0.25, 0.3) is 0 Å². The summed E-state index contributed by atoms with van der Waals surface area (Å²) in [6.45, 7) is 9.41. The largest absolute Gasteiger partial charge is 0.397 e. The van der Waals surface area contributed by atoms with Crippen molar-refractivity contribution in [2.75, 3.05) is 26.4 Å². The van der Waals surface area contributed by atoms with E-state index in [1.165, 1.54) is 6.92 Å². The minimum atomic E-state index is -0.560. The maximum absolute atomic E-state index is 8.11. The highest BCUT2D eigenvalue weighted by Crippen LogP contribution is 1.81. The van der Waals surface area contributed by atoms with Gasteiger partial charge in [-0.1, -0.05) is 13.8 Å². The molecule has 0 aromatic carbocycles. The van der Waals surface area contributed by atoms with Gasteiger partial charge >= 0.3 is 0 Å². The van der Waals surface area contributed by atoms with Crippen LogP contribution in [0.25, 0.3) is 0 Å². The Bertz CT molecular complexity index is 73.0. The van der Waals surface area contributed by atoms with Crippen molar-refractivity contribution in [3.05, 3.63) is 0 Å². The van der Waals surface area contributed by atoms with Crippen LogP contribution < -0.4 is 0 Å². The summed E-state index contributed by atoms with van der Waals surface area (Å²) in [6.07, 6.45) is 1.72. The second-order valence-electron chi connectivity index (χ2n) is 2.96. The van der Waals surface area contributed by atoms with Crippen LogP contribution >= 0.6 is 0 Å². The Kier molecular flexibility index (Phi) is 31.9. The second kappa shape index (κ2) is 23.6. The zero-order chi connectivity index (χ0) is 12.5. The summed E-state index contributed by atoms with van der Waals surface area (Å²) in [7, 11) is 0. The molecule has 4 heteroatoms. The van der Waals surface area contributed by atoms with Crippen LogP contribution in [0.4, 0.5) is 0 Å². The lowest BCUT2D eigenvalue weighted by Gasteiger charge is -1.95. The van der Waals surface area contributed by atoms with Gasteiger partial charge in [0.15, 0.2) is 0 Å². The number of ether oxygens (including phenoxy) is 1. The van der Waals surface area contributed by atoms with Crippen LogP contribution in [-0.4, -0.2) is 47.9 Å². The summed E-state index contributed by atoms with van der Waals surface area (Å²) < 4.78 is 5.13. The molecule has 0 heterocycles. The molecule has 0 saturated carbocycles. The van der Waals surface area contributed by atoms with E-state index >= 15 is 0 Å². The highest BCUT2D eigenvalue weighted by Gasteiger charge is 1.83. The van der Waals surface area contributed by atoms with Crippen LogP contribution in [0, 0.1) is 0 Å². The monoisotopic (exact) mass is 224 g/mol. The van der Waals surface area contributed by atoms with Crippen molar-refractivity contribution in [1.29, 1.82) is 0 Å². The van der Waals surface area contributed by atoms with Gasteiger partial charge in [-0.05, 0) is 26.7 Å². The van der Waals surface area contributed by atoms with Crippen molar-refractivity contribution in [1.82, 2.24) is 0 Å². The first kappa shape index (κ1) is 20.3. The van der Waals surface area contributed by atoms with E-state index in [9.17, 15) is 0 Å². The fourth-order valence-corrected chi connectivity index (χ4v) is 0.391. The molecule has 1 unspecified atom stereocenters.